The van der Waals surface area contributed by atoms with E-state index in [1.54, 1.807) is 12.1 Å². The predicted molar refractivity (Wildman–Crippen MR) is 59.1 cm³/mol. The molecule has 0 unspecified atom stereocenters. The second-order valence-corrected chi connectivity index (χ2v) is 3.22. The molecule has 1 aromatic carbocycles. The summed E-state index contributed by atoms with van der Waals surface area (Å²) in [4.78, 5) is 0. The van der Waals surface area contributed by atoms with Crippen molar-refractivity contribution in [3.05, 3.63) is 23.3 Å². The van der Waals surface area contributed by atoms with E-state index in [2.05, 4.69) is 6.11 Å². The summed E-state index contributed by atoms with van der Waals surface area (Å²) in [5.74, 6) is 0.566. The number of rotatable bonds is 5. The van der Waals surface area contributed by atoms with Gasteiger partial charge in [0.15, 0.2) is 0 Å². The Bertz CT molecular complexity index is 365. The minimum Gasteiger partial charge on any atom is -0.507 e. The number of aliphatic hydroxyl groups is 1. The highest BCUT2D eigenvalue weighted by Crippen LogP contribution is 2.29. The molecule has 1 aromatic rings. The summed E-state index contributed by atoms with van der Waals surface area (Å²) in [6.45, 7) is 0.200. The number of aromatic hydroxyl groups is 1. The molecule has 0 heterocycles. The third-order valence-corrected chi connectivity index (χ3v) is 2.10. The molecule has 0 aliphatic rings. The summed E-state index contributed by atoms with van der Waals surface area (Å²) in [6.07, 6.45) is 7.43. The van der Waals surface area contributed by atoms with E-state index in [1.807, 2.05) is 0 Å². The van der Waals surface area contributed by atoms with Crippen LogP contribution in [0, 0.1) is 12.5 Å². The average Bonchev–Trinajstić information content (AvgIpc) is 2.26. The highest BCUT2D eigenvalue weighted by Gasteiger charge is 2.10. The van der Waals surface area contributed by atoms with Crippen LogP contribution in [0.15, 0.2) is 12.1 Å². The van der Waals surface area contributed by atoms with Crippen molar-refractivity contribution in [1.82, 2.24) is 0 Å². The van der Waals surface area contributed by atoms with E-state index in [0.717, 1.165) is 0 Å². The summed E-state index contributed by atoms with van der Waals surface area (Å²) in [5.41, 5.74) is 1.17. The van der Waals surface area contributed by atoms with Crippen LogP contribution in [-0.4, -0.2) is 23.9 Å². The van der Waals surface area contributed by atoms with E-state index in [4.69, 9.17) is 21.0 Å². The van der Waals surface area contributed by atoms with Gasteiger partial charge in [-0.15, -0.1) is 0 Å². The van der Waals surface area contributed by atoms with Gasteiger partial charge in [0.05, 0.1) is 6.61 Å². The zero-order valence-corrected chi connectivity index (χ0v) is 9.06. The molecule has 0 aromatic heterocycles. The third-order valence-electron chi connectivity index (χ3n) is 2.10. The molecule has 0 spiro atoms. The van der Waals surface area contributed by atoms with E-state index in [0.29, 0.717) is 23.3 Å². The molecule has 4 heteroatoms. The number of phenolic OH excluding ortho intramolecular Hbond substituents is 1. The fourth-order valence-electron chi connectivity index (χ4n) is 1.43. The molecule has 16 heavy (non-hydrogen) atoms. The van der Waals surface area contributed by atoms with Gasteiger partial charge in [-0.3, -0.25) is 0 Å². The first-order valence-electron chi connectivity index (χ1n) is 4.80. The minimum absolute atomic E-state index is 0.0561. The van der Waals surface area contributed by atoms with E-state index < -0.39 is 0 Å². The first-order valence-corrected chi connectivity index (χ1v) is 4.80. The Kier molecular flexibility index (Phi) is 4.65. The topological polar surface area (TPSA) is 58.9 Å². The lowest BCUT2D eigenvalue weighted by Gasteiger charge is -2.10. The molecular formula is C12H14O4. The van der Waals surface area contributed by atoms with E-state index in [1.165, 1.54) is 7.11 Å². The summed E-state index contributed by atoms with van der Waals surface area (Å²) >= 11 is 0. The largest absolute Gasteiger partial charge is 0.507 e. The predicted octanol–water partition coefficient (Wildman–Crippen LogP) is 1.04. The van der Waals surface area contributed by atoms with Crippen LogP contribution in [0.5, 0.6) is 11.5 Å². The monoisotopic (exact) mass is 222 g/mol. The molecule has 2 N–H and O–H groups in total. The maximum Gasteiger partial charge on any atom is 0.141 e. The molecule has 0 aliphatic carbocycles. The van der Waals surface area contributed by atoms with Crippen LogP contribution in [0.3, 0.4) is 0 Å². The van der Waals surface area contributed by atoms with Crippen LogP contribution in [0.2, 0.25) is 0 Å². The number of terminal acetylenes is 1. The van der Waals surface area contributed by atoms with Crippen LogP contribution >= 0.6 is 0 Å². The van der Waals surface area contributed by atoms with Gasteiger partial charge in [0, 0.05) is 24.8 Å². The van der Waals surface area contributed by atoms with Crippen molar-refractivity contribution in [2.24, 2.45) is 0 Å². The molecule has 0 amide bonds. The molecule has 0 atom stereocenters. The highest BCUT2D eigenvalue weighted by molar-refractivity contribution is 5.46. The van der Waals surface area contributed by atoms with Crippen LogP contribution in [0.25, 0.3) is 0 Å². The summed E-state index contributed by atoms with van der Waals surface area (Å²) < 4.78 is 9.86. The second kappa shape index (κ2) is 6.01. The number of phenols is 1. The van der Waals surface area contributed by atoms with Gasteiger partial charge in [0.25, 0.3) is 0 Å². The number of methoxy groups -OCH3 is 1. The van der Waals surface area contributed by atoms with Gasteiger partial charge < -0.3 is 19.7 Å². The molecule has 86 valence electrons. The Morgan fingerprint density at radius 1 is 1.38 bits per heavy atom. The molecule has 0 saturated heterocycles. The lowest BCUT2D eigenvalue weighted by molar-refractivity contribution is 0.181. The molecule has 0 fully saturated rings. The number of hydrogen-bond acceptors (Lipinski definition) is 4. The second-order valence-electron chi connectivity index (χ2n) is 3.22. The van der Waals surface area contributed by atoms with Crippen molar-refractivity contribution in [2.45, 2.75) is 13.0 Å². The van der Waals surface area contributed by atoms with Crippen LogP contribution in [-0.2, 0) is 17.8 Å². The Morgan fingerprint density at radius 3 is 2.62 bits per heavy atom. The quantitative estimate of drug-likeness (QED) is 0.731. The van der Waals surface area contributed by atoms with E-state index in [-0.39, 0.29) is 19.0 Å². The number of benzene rings is 1. The van der Waals surface area contributed by atoms with E-state index >= 15 is 0 Å². The molecular weight excluding hydrogens is 208 g/mol. The lowest BCUT2D eigenvalue weighted by atomic mass is 10.1. The summed E-state index contributed by atoms with van der Waals surface area (Å²) in [7, 11) is 1.53. The van der Waals surface area contributed by atoms with Crippen molar-refractivity contribution in [3.63, 3.8) is 0 Å². The zero-order chi connectivity index (χ0) is 12.0. The lowest BCUT2D eigenvalue weighted by Crippen LogP contribution is -1.97. The summed E-state index contributed by atoms with van der Waals surface area (Å²) in [5, 5.41) is 18.7. The number of hydrogen-bond donors (Lipinski definition) is 2. The van der Waals surface area contributed by atoms with Gasteiger partial charge in [0.1, 0.15) is 17.6 Å². The maximum absolute atomic E-state index is 9.85. The standard InChI is InChI=1S/C12H14O4/c1-3-16-11-6-9(4-5-13)12(14)10(7-11)8-15-2/h1,6-7,13-14H,4-5,8H2,2H3. The molecule has 0 radical (unpaired) electrons. The van der Waals surface area contributed by atoms with Gasteiger partial charge in [-0.2, -0.15) is 0 Å². The van der Waals surface area contributed by atoms with E-state index in [9.17, 15) is 5.11 Å². The summed E-state index contributed by atoms with van der Waals surface area (Å²) in [6, 6.07) is 3.21. The van der Waals surface area contributed by atoms with Crippen molar-refractivity contribution < 1.29 is 19.7 Å². The average molecular weight is 222 g/mol. The third kappa shape index (κ3) is 2.89. The van der Waals surface area contributed by atoms with Gasteiger partial charge >= 0.3 is 0 Å². The Labute approximate surface area is 94.4 Å². The fourth-order valence-corrected chi connectivity index (χ4v) is 1.43. The number of aliphatic hydroxyl groups excluding tert-OH is 1. The van der Waals surface area contributed by atoms with Crippen molar-refractivity contribution in [3.8, 4) is 24.0 Å². The van der Waals surface area contributed by atoms with Crippen LogP contribution < -0.4 is 4.74 Å². The highest BCUT2D eigenvalue weighted by atomic mass is 16.5. The van der Waals surface area contributed by atoms with Gasteiger partial charge in [-0.25, -0.2) is 0 Å². The van der Waals surface area contributed by atoms with Gasteiger partial charge in [-0.05, 0) is 18.6 Å². The molecule has 4 nitrogen and oxygen atoms in total. The minimum atomic E-state index is -0.0561. The Balaban J connectivity index is 3.11. The van der Waals surface area contributed by atoms with Crippen LogP contribution in [0.1, 0.15) is 11.1 Å². The van der Waals surface area contributed by atoms with Crippen molar-refractivity contribution >= 4 is 0 Å². The molecule has 0 saturated carbocycles. The maximum atomic E-state index is 9.85. The Hall–Kier alpha value is -1.70. The van der Waals surface area contributed by atoms with Crippen LogP contribution in [0.4, 0.5) is 0 Å². The fraction of sp³-hybridized carbons (Fsp3) is 0.333. The van der Waals surface area contributed by atoms with Gasteiger partial charge in [-0.1, -0.05) is 6.42 Å². The SMILES string of the molecule is C#COc1cc(CCO)c(O)c(COC)c1. The first kappa shape index (κ1) is 12.4. The smallest absolute Gasteiger partial charge is 0.141 e. The zero-order valence-electron chi connectivity index (χ0n) is 9.06. The van der Waals surface area contributed by atoms with Crippen molar-refractivity contribution in [1.29, 1.82) is 0 Å². The molecule has 0 bridgehead atoms. The normalized spacial score (nSPS) is 9.81. The Morgan fingerprint density at radius 2 is 2.06 bits per heavy atom. The number of ether oxygens (including phenoxy) is 2. The van der Waals surface area contributed by atoms with Gasteiger partial charge in [0.2, 0.25) is 0 Å². The molecule has 0 aliphatic heterocycles. The molecule has 1 rings (SSSR count). The first-order chi connectivity index (χ1) is 7.72. The van der Waals surface area contributed by atoms with Crippen molar-refractivity contribution in [2.75, 3.05) is 13.7 Å².